The predicted molar refractivity (Wildman–Crippen MR) is 62.5 cm³/mol. The van der Waals surface area contributed by atoms with Crippen LogP contribution in [0.25, 0.3) is 0 Å². The first kappa shape index (κ1) is 12.9. The number of alkyl halides is 1. The number of aromatic nitrogens is 2. The van der Waals surface area contributed by atoms with Crippen molar-refractivity contribution in [1.82, 2.24) is 15.3 Å². The van der Waals surface area contributed by atoms with Gasteiger partial charge in [-0.2, -0.15) is 0 Å². The minimum absolute atomic E-state index is 0.0149. The summed E-state index contributed by atoms with van der Waals surface area (Å²) in [6, 6.07) is 0. The highest BCUT2D eigenvalue weighted by Gasteiger charge is 2.40. The first-order chi connectivity index (χ1) is 8.54. The summed E-state index contributed by atoms with van der Waals surface area (Å²) in [5, 5.41) is 12.6. The number of aliphatic hydroxyl groups is 1. The molecule has 1 saturated carbocycles. The molecule has 0 aromatic carbocycles. The molecule has 1 aliphatic carbocycles. The van der Waals surface area contributed by atoms with Crippen LogP contribution in [0.15, 0.2) is 12.4 Å². The highest BCUT2D eigenvalue weighted by atomic mass is 19.1. The molecule has 1 aromatic heterocycles. The second kappa shape index (κ2) is 4.97. The molecule has 1 fully saturated rings. The first-order valence-electron chi connectivity index (χ1n) is 5.91. The number of hydrogen-bond acceptors (Lipinski definition) is 4. The van der Waals surface area contributed by atoms with Crippen molar-refractivity contribution in [2.45, 2.75) is 32.0 Å². The third-order valence-electron chi connectivity index (χ3n) is 3.18. The fourth-order valence-corrected chi connectivity index (χ4v) is 1.85. The molecule has 1 atom stereocenters. The number of hydrogen-bond donors (Lipinski definition) is 2. The molecule has 0 aliphatic heterocycles. The van der Waals surface area contributed by atoms with Gasteiger partial charge in [0.15, 0.2) is 5.69 Å². The maximum absolute atomic E-state index is 12.6. The van der Waals surface area contributed by atoms with E-state index in [0.29, 0.717) is 0 Å². The summed E-state index contributed by atoms with van der Waals surface area (Å²) < 4.78 is 12.6. The summed E-state index contributed by atoms with van der Waals surface area (Å²) in [4.78, 5) is 19.4. The van der Waals surface area contributed by atoms with Crippen molar-refractivity contribution < 1.29 is 14.3 Å². The van der Waals surface area contributed by atoms with Gasteiger partial charge in [0.1, 0.15) is 12.4 Å². The normalized spacial score (nSPS) is 18.2. The summed E-state index contributed by atoms with van der Waals surface area (Å²) in [6.45, 7) is 0.992. The number of halogens is 1. The van der Waals surface area contributed by atoms with E-state index in [1.807, 2.05) is 0 Å². The molecule has 2 N–H and O–H groups in total. The molecule has 1 aromatic rings. The Bertz CT molecular complexity index is 447. The van der Waals surface area contributed by atoms with Gasteiger partial charge in [-0.15, -0.1) is 0 Å². The molecule has 0 spiro atoms. The standard InChI is InChI=1S/C12H16FN3O2/c1-12(18,8-2-3-8)7-16-11(17)10-9(6-13)14-4-5-15-10/h4-5,8,18H,2-3,6-7H2,1H3,(H,16,17). The molecule has 1 unspecified atom stereocenters. The molecule has 1 aliphatic rings. The third kappa shape index (κ3) is 2.81. The van der Waals surface area contributed by atoms with E-state index in [9.17, 15) is 14.3 Å². The minimum atomic E-state index is -0.909. The van der Waals surface area contributed by atoms with Gasteiger partial charge in [0.05, 0.1) is 5.60 Å². The van der Waals surface area contributed by atoms with E-state index in [4.69, 9.17) is 0 Å². The quantitative estimate of drug-likeness (QED) is 0.815. The summed E-state index contributed by atoms with van der Waals surface area (Å²) in [5.41, 5.74) is -0.916. The van der Waals surface area contributed by atoms with Gasteiger partial charge in [-0.3, -0.25) is 9.78 Å². The van der Waals surface area contributed by atoms with E-state index < -0.39 is 18.2 Å². The van der Waals surface area contributed by atoms with Gasteiger partial charge >= 0.3 is 0 Å². The molecule has 1 amide bonds. The summed E-state index contributed by atoms with van der Waals surface area (Å²) in [6.07, 6.45) is 4.63. The van der Waals surface area contributed by atoms with Crippen LogP contribution < -0.4 is 5.32 Å². The Kier molecular flexibility index (Phi) is 3.56. The second-order valence-corrected chi connectivity index (χ2v) is 4.80. The van der Waals surface area contributed by atoms with Crippen molar-refractivity contribution in [3.8, 4) is 0 Å². The van der Waals surface area contributed by atoms with Crippen LogP contribution in [0.4, 0.5) is 4.39 Å². The number of carbonyl (C=O) groups is 1. The Labute approximate surface area is 104 Å². The SMILES string of the molecule is CC(O)(CNC(=O)c1nccnc1CF)C1CC1. The van der Waals surface area contributed by atoms with E-state index in [1.54, 1.807) is 6.92 Å². The zero-order valence-electron chi connectivity index (χ0n) is 10.2. The zero-order valence-corrected chi connectivity index (χ0v) is 10.2. The lowest BCUT2D eigenvalue weighted by Gasteiger charge is -2.23. The van der Waals surface area contributed by atoms with Gasteiger partial charge in [-0.25, -0.2) is 9.37 Å². The number of carbonyl (C=O) groups excluding carboxylic acids is 1. The second-order valence-electron chi connectivity index (χ2n) is 4.80. The van der Waals surface area contributed by atoms with E-state index in [-0.39, 0.29) is 23.9 Å². The monoisotopic (exact) mass is 253 g/mol. The number of nitrogens with zero attached hydrogens (tertiary/aromatic N) is 2. The van der Waals surface area contributed by atoms with Crippen molar-refractivity contribution in [1.29, 1.82) is 0 Å². The number of amides is 1. The Hall–Kier alpha value is -1.56. The van der Waals surface area contributed by atoms with Crippen LogP contribution in [0.2, 0.25) is 0 Å². The first-order valence-corrected chi connectivity index (χ1v) is 5.91. The van der Waals surface area contributed by atoms with Gasteiger partial charge < -0.3 is 10.4 Å². The molecule has 6 heteroatoms. The molecule has 0 bridgehead atoms. The Morgan fingerprint density at radius 2 is 2.22 bits per heavy atom. The molecule has 98 valence electrons. The van der Waals surface area contributed by atoms with Gasteiger partial charge in [-0.05, 0) is 25.7 Å². The van der Waals surface area contributed by atoms with Crippen molar-refractivity contribution in [2.75, 3.05) is 6.54 Å². The van der Waals surface area contributed by atoms with Crippen LogP contribution in [0, 0.1) is 5.92 Å². The van der Waals surface area contributed by atoms with Crippen molar-refractivity contribution in [3.63, 3.8) is 0 Å². The van der Waals surface area contributed by atoms with E-state index in [1.165, 1.54) is 12.4 Å². The van der Waals surface area contributed by atoms with Crippen LogP contribution in [0.3, 0.4) is 0 Å². The third-order valence-corrected chi connectivity index (χ3v) is 3.18. The maximum Gasteiger partial charge on any atom is 0.271 e. The lowest BCUT2D eigenvalue weighted by molar-refractivity contribution is 0.0353. The minimum Gasteiger partial charge on any atom is -0.388 e. The molecular formula is C12H16FN3O2. The van der Waals surface area contributed by atoms with Gasteiger partial charge in [0, 0.05) is 18.9 Å². The van der Waals surface area contributed by atoms with E-state index in [2.05, 4.69) is 15.3 Å². The molecule has 0 radical (unpaired) electrons. The number of nitrogens with one attached hydrogen (secondary N) is 1. The molecule has 2 rings (SSSR count). The topological polar surface area (TPSA) is 75.1 Å². The smallest absolute Gasteiger partial charge is 0.271 e. The largest absolute Gasteiger partial charge is 0.388 e. The van der Waals surface area contributed by atoms with Crippen molar-refractivity contribution in [3.05, 3.63) is 23.8 Å². The predicted octanol–water partition coefficient (Wildman–Crippen LogP) is 0.837. The fraction of sp³-hybridized carbons (Fsp3) is 0.583. The molecule has 0 saturated heterocycles. The van der Waals surface area contributed by atoms with Crippen molar-refractivity contribution in [2.24, 2.45) is 5.92 Å². The van der Waals surface area contributed by atoms with Crippen LogP contribution in [0.1, 0.15) is 35.9 Å². The average molecular weight is 253 g/mol. The molecule has 5 nitrogen and oxygen atoms in total. The van der Waals surface area contributed by atoms with Gasteiger partial charge in [0.25, 0.3) is 5.91 Å². The molecule has 18 heavy (non-hydrogen) atoms. The van der Waals surface area contributed by atoms with Crippen LogP contribution in [-0.2, 0) is 6.67 Å². The Balaban J connectivity index is 1.99. The lowest BCUT2D eigenvalue weighted by Crippen LogP contribution is -2.42. The lowest BCUT2D eigenvalue weighted by atomic mass is 10.0. The molecular weight excluding hydrogens is 237 g/mol. The van der Waals surface area contributed by atoms with E-state index >= 15 is 0 Å². The Morgan fingerprint density at radius 1 is 1.56 bits per heavy atom. The van der Waals surface area contributed by atoms with Gasteiger partial charge in [-0.1, -0.05) is 0 Å². The molecule has 1 heterocycles. The Morgan fingerprint density at radius 3 is 2.83 bits per heavy atom. The summed E-state index contributed by atoms with van der Waals surface area (Å²) in [5.74, 6) is -0.267. The fourth-order valence-electron chi connectivity index (χ4n) is 1.85. The van der Waals surface area contributed by atoms with Gasteiger partial charge in [0.2, 0.25) is 0 Å². The van der Waals surface area contributed by atoms with Crippen LogP contribution in [-0.4, -0.2) is 33.1 Å². The number of rotatable bonds is 5. The maximum atomic E-state index is 12.6. The van der Waals surface area contributed by atoms with E-state index in [0.717, 1.165) is 12.8 Å². The van der Waals surface area contributed by atoms with Crippen LogP contribution in [0.5, 0.6) is 0 Å². The summed E-state index contributed by atoms with van der Waals surface area (Å²) in [7, 11) is 0. The van der Waals surface area contributed by atoms with Crippen LogP contribution >= 0.6 is 0 Å². The average Bonchev–Trinajstić information content (AvgIpc) is 3.20. The highest BCUT2D eigenvalue weighted by molar-refractivity contribution is 5.93. The zero-order chi connectivity index (χ0) is 13.2. The van der Waals surface area contributed by atoms with Crippen molar-refractivity contribution >= 4 is 5.91 Å². The summed E-state index contributed by atoms with van der Waals surface area (Å²) >= 11 is 0. The highest BCUT2D eigenvalue weighted by Crippen LogP contribution is 2.38.